The number of thiophene rings is 1. The van der Waals surface area contributed by atoms with Gasteiger partial charge in [-0.1, -0.05) is 11.6 Å². The van der Waals surface area contributed by atoms with Crippen LogP contribution in [0.25, 0.3) is 5.65 Å². The van der Waals surface area contributed by atoms with Gasteiger partial charge in [-0.15, -0.1) is 16.4 Å². The van der Waals surface area contributed by atoms with Crippen LogP contribution < -0.4 is 5.32 Å². The van der Waals surface area contributed by atoms with Crippen molar-refractivity contribution in [2.45, 2.75) is 26.2 Å². The lowest BCUT2D eigenvalue weighted by molar-refractivity contribution is -0.116. The average molecular weight is 333 g/mol. The largest absolute Gasteiger partial charge is 0.309 e. The molecule has 0 fully saturated rings. The second-order valence-electron chi connectivity index (χ2n) is 5.47. The van der Waals surface area contributed by atoms with Gasteiger partial charge in [0.05, 0.1) is 10.6 Å². The zero-order valence-corrected chi connectivity index (χ0v) is 13.6. The lowest BCUT2D eigenvalue weighted by Gasteiger charge is -2.21. The van der Waals surface area contributed by atoms with Crippen molar-refractivity contribution in [1.82, 2.24) is 14.6 Å². The number of aryl methyl sites for hydroxylation is 2. The maximum atomic E-state index is 12.1. The number of carbonyl (C=O) groups excluding carboxylic acids is 1. The Bertz CT molecular complexity index is 914. The van der Waals surface area contributed by atoms with Crippen molar-refractivity contribution in [3.63, 3.8) is 0 Å². The topological polar surface area (TPSA) is 59.3 Å². The SMILES string of the molecule is Cc1cc(C)n2nc3c(c2n1)C(c1sccc1Cl)CC(=O)N3. The van der Waals surface area contributed by atoms with Crippen molar-refractivity contribution < 1.29 is 4.79 Å². The Morgan fingerprint density at radius 3 is 3.00 bits per heavy atom. The molecule has 3 aromatic heterocycles. The number of fused-ring (bicyclic) bond motifs is 3. The molecule has 5 nitrogen and oxygen atoms in total. The van der Waals surface area contributed by atoms with E-state index in [0.29, 0.717) is 17.3 Å². The normalized spacial score (nSPS) is 17.6. The second-order valence-corrected chi connectivity index (χ2v) is 6.83. The molecular weight excluding hydrogens is 320 g/mol. The van der Waals surface area contributed by atoms with Crippen LogP contribution in [-0.4, -0.2) is 20.5 Å². The monoisotopic (exact) mass is 332 g/mol. The third-order valence-electron chi connectivity index (χ3n) is 3.89. The summed E-state index contributed by atoms with van der Waals surface area (Å²) in [4.78, 5) is 17.7. The number of hydrogen-bond acceptors (Lipinski definition) is 4. The van der Waals surface area contributed by atoms with Gasteiger partial charge in [0.1, 0.15) is 0 Å². The molecular formula is C15H13ClN4OS. The number of nitrogens with zero attached hydrogens (tertiary/aromatic N) is 3. The minimum absolute atomic E-state index is 0.0419. The van der Waals surface area contributed by atoms with E-state index in [9.17, 15) is 4.79 Å². The van der Waals surface area contributed by atoms with Crippen molar-refractivity contribution in [3.05, 3.63) is 44.4 Å². The Hall–Kier alpha value is -1.92. The van der Waals surface area contributed by atoms with Crippen LogP contribution in [0.3, 0.4) is 0 Å². The number of amides is 1. The quantitative estimate of drug-likeness (QED) is 0.741. The fraction of sp³-hybridized carbons (Fsp3) is 0.267. The van der Waals surface area contributed by atoms with Crippen LogP contribution in [0.1, 0.15) is 34.2 Å². The third-order valence-corrected chi connectivity index (χ3v) is 5.36. The first-order chi connectivity index (χ1) is 10.5. The van der Waals surface area contributed by atoms with Gasteiger partial charge in [-0.2, -0.15) is 0 Å². The zero-order chi connectivity index (χ0) is 15.4. The molecule has 112 valence electrons. The second kappa shape index (κ2) is 4.79. The summed E-state index contributed by atoms with van der Waals surface area (Å²) in [5, 5.41) is 10.0. The summed E-state index contributed by atoms with van der Waals surface area (Å²) in [7, 11) is 0. The number of halogens is 1. The van der Waals surface area contributed by atoms with Crippen LogP contribution in [-0.2, 0) is 4.79 Å². The third kappa shape index (κ3) is 1.94. The molecule has 3 aromatic rings. The van der Waals surface area contributed by atoms with Gasteiger partial charge in [0.25, 0.3) is 0 Å². The fourth-order valence-corrected chi connectivity index (χ4v) is 4.30. The summed E-state index contributed by atoms with van der Waals surface area (Å²) in [5.41, 5.74) is 3.67. The smallest absolute Gasteiger partial charge is 0.226 e. The first-order valence-corrected chi connectivity index (χ1v) is 8.20. The van der Waals surface area contributed by atoms with E-state index in [0.717, 1.165) is 27.5 Å². The highest BCUT2D eigenvalue weighted by Crippen LogP contribution is 2.43. The van der Waals surface area contributed by atoms with Crippen LogP contribution in [0.2, 0.25) is 5.02 Å². The molecule has 0 radical (unpaired) electrons. The molecule has 0 aromatic carbocycles. The predicted molar refractivity (Wildman–Crippen MR) is 86.9 cm³/mol. The minimum atomic E-state index is -0.0950. The summed E-state index contributed by atoms with van der Waals surface area (Å²) < 4.78 is 1.79. The number of aromatic nitrogens is 3. The van der Waals surface area contributed by atoms with Gasteiger partial charge in [0.2, 0.25) is 5.91 Å². The van der Waals surface area contributed by atoms with Gasteiger partial charge in [-0.3, -0.25) is 4.79 Å². The molecule has 4 rings (SSSR count). The first kappa shape index (κ1) is 13.7. The molecule has 0 aliphatic carbocycles. The molecule has 1 atom stereocenters. The Balaban J connectivity index is 2.03. The van der Waals surface area contributed by atoms with E-state index in [1.165, 1.54) is 0 Å². The molecule has 7 heteroatoms. The van der Waals surface area contributed by atoms with E-state index in [1.54, 1.807) is 15.9 Å². The van der Waals surface area contributed by atoms with Crippen LogP contribution in [0.4, 0.5) is 5.82 Å². The molecule has 0 spiro atoms. The lowest BCUT2D eigenvalue weighted by atomic mass is 9.92. The van der Waals surface area contributed by atoms with Gasteiger partial charge in [0.15, 0.2) is 11.5 Å². The van der Waals surface area contributed by atoms with Gasteiger partial charge in [-0.05, 0) is 31.4 Å². The number of anilines is 1. The summed E-state index contributed by atoms with van der Waals surface area (Å²) in [6.07, 6.45) is 0.364. The Kier molecular flexibility index (Phi) is 2.99. The Labute approximate surface area is 135 Å². The highest BCUT2D eigenvalue weighted by atomic mass is 35.5. The van der Waals surface area contributed by atoms with Crippen LogP contribution in [0.15, 0.2) is 17.5 Å². The van der Waals surface area contributed by atoms with E-state index in [2.05, 4.69) is 15.4 Å². The molecule has 1 amide bonds. The van der Waals surface area contributed by atoms with Crippen LogP contribution in [0, 0.1) is 13.8 Å². The van der Waals surface area contributed by atoms with Gasteiger partial charge >= 0.3 is 0 Å². The number of nitrogens with one attached hydrogen (secondary N) is 1. The van der Waals surface area contributed by atoms with E-state index in [-0.39, 0.29) is 11.8 Å². The maximum Gasteiger partial charge on any atom is 0.226 e. The fourth-order valence-electron chi connectivity index (χ4n) is 3.00. The number of hydrogen-bond donors (Lipinski definition) is 1. The van der Waals surface area contributed by atoms with Crippen molar-refractivity contribution in [1.29, 1.82) is 0 Å². The molecule has 1 aliphatic rings. The summed E-state index contributed by atoms with van der Waals surface area (Å²) >= 11 is 7.86. The van der Waals surface area contributed by atoms with Crippen molar-refractivity contribution in [2.75, 3.05) is 5.32 Å². The van der Waals surface area contributed by atoms with Gasteiger partial charge < -0.3 is 5.32 Å². The molecule has 0 saturated heterocycles. The zero-order valence-electron chi connectivity index (χ0n) is 12.1. The summed E-state index contributed by atoms with van der Waals surface area (Å²) in [5.74, 6) is 0.453. The van der Waals surface area contributed by atoms with Gasteiger partial charge in [-0.25, -0.2) is 9.50 Å². The van der Waals surface area contributed by atoms with Gasteiger partial charge in [0, 0.05) is 28.6 Å². The molecule has 0 bridgehead atoms. The van der Waals surface area contributed by atoms with Crippen molar-refractivity contribution in [3.8, 4) is 0 Å². The van der Waals surface area contributed by atoms with Crippen molar-refractivity contribution >= 4 is 40.3 Å². The molecule has 1 unspecified atom stereocenters. The predicted octanol–water partition coefficient (Wildman–Crippen LogP) is 3.54. The minimum Gasteiger partial charge on any atom is -0.309 e. The molecule has 1 aliphatic heterocycles. The highest BCUT2D eigenvalue weighted by Gasteiger charge is 2.34. The Morgan fingerprint density at radius 1 is 1.45 bits per heavy atom. The first-order valence-electron chi connectivity index (χ1n) is 6.94. The van der Waals surface area contributed by atoms with E-state index >= 15 is 0 Å². The summed E-state index contributed by atoms with van der Waals surface area (Å²) in [6.45, 7) is 3.94. The van der Waals surface area contributed by atoms with E-state index < -0.39 is 0 Å². The van der Waals surface area contributed by atoms with Crippen LogP contribution >= 0.6 is 22.9 Å². The number of carbonyl (C=O) groups is 1. The van der Waals surface area contributed by atoms with E-state index in [4.69, 9.17) is 11.6 Å². The average Bonchev–Trinajstić information content (AvgIpc) is 3.02. The maximum absolute atomic E-state index is 12.1. The number of rotatable bonds is 1. The Morgan fingerprint density at radius 2 is 2.27 bits per heavy atom. The van der Waals surface area contributed by atoms with E-state index in [1.807, 2.05) is 31.4 Å². The lowest BCUT2D eigenvalue weighted by Crippen LogP contribution is -2.22. The summed E-state index contributed by atoms with van der Waals surface area (Å²) in [6, 6.07) is 3.84. The highest BCUT2D eigenvalue weighted by molar-refractivity contribution is 7.10. The standard InChI is InChI=1S/C15H13ClN4OS/c1-7-5-8(2)20-15(17-7)12-9(13-10(16)3-4-22-13)6-11(21)18-14(12)19-20/h3-5,9H,6H2,1-2H3,(H,18,19,21). The van der Waals surface area contributed by atoms with Crippen molar-refractivity contribution in [2.24, 2.45) is 0 Å². The molecule has 0 saturated carbocycles. The molecule has 4 heterocycles. The molecule has 1 N–H and O–H groups in total. The molecule has 22 heavy (non-hydrogen) atoms. The van der Waals surface area contributed by atoms with Crippen LogP contribution in [0.5, 0.6) is 0 Å².